The summed E-state index contributed by atoms with van der Waals surface area (Å²) in [5, 5.41) is 13.4. The summed E-state index contributed by atoms with van der Waals surface area (Å²) in [4.78, 5) is 14.1. The summed E-state index contributed by atoms with van der Waals surface area (Å²) in [7, 11) is 5.93. The van der Waals surface area contributed by atoms with E-state index >= 15 is 0 Å². The molecular weight excluding hydrogens is 350 g/mol. The number of aryl methyl sites for hydroxylation is 1. The maximum Gasteiger partial charge on any atom is 0.164 e. The molecule has 0 amide bonds. The third kappa shape index (κ3) is 3.59. The predicted octanol–water partition coefficient (Wildman–Crippen LogP) is 2.37. The van der Waals surface area contributed by atoms with E-state index in [1.807, 2.05) is 45.5 Å². The molecule has 1 aliphatic rings. The van der Waals surface area contributed by atoms with Gasteiger partial charge in [0.15, 0.2) is 5.82 Å². The lowest BCUT2D eigenvalue weighted by atomic mass is 10.0. The van der Waals surface area contributed by atoms with Crippen molar-refractivity contribution < 1.29 is 0 Å². The molecule has 0 aliphatic carbocycles. The smallest absolute Gasteiger partial charge is 0.164 e. The van der Waals surface area contributed by atoms with E-state index in [9.17, 15) is 0 Å². The largest absolute Gasteiger partial charge is 0.362 e. The van der Waals surface area contributed by atoms with Crippen LogP contribution in [0, 0.1) is 11.3 Å². The Morgan fingerprint density at radius 1 is 1.25 bits per heavy atom. The lowest BCUT2D eigenvalue weighted by Gasteiger charge is -2.31. The number of anilines is 1. The van der Waals surface area contributed by atoms with Gasteiger partial charge in [0.05, 0.1) is 29.1 Å². The Morgan fingerprint density at radius 2 is 2.11 bits per heavy atom. The maximum atomic E-state index is 9.13. The minimum atomic E-state index is 0.702. The molecule has 142 valence electrons. The van der Waals surface area contributed by atoms with Crippen LogP contribution in [0.1, 0.15) is 22.4 Å². The zero-order chi connectivity index (χ0) is 19.7. The molecule has 3 aromatic rings. The van der Waals surface area contributed by atoms with E-state index in [4.69, 9.17) is 15.2 Å². The minimum Gasteiger partial charge on any atom is -0.362 e. The van der Waals surface area contributed by atoms with Gasteiger partial charge >= 0.3 is 0 Å². The highest BCUT2D eigenvalue weighted by atomic mass is 15.2. The van der Waals surface area contributed by atoms with Gasteiger partial charge in [-0.3, -0.25) is 9.58 Å². The van der Waals surface area contributed by atoms with Crippen LogP contribution in [0.25, 0.3) is 11.4 Å². The van der Waals surface area contributed by atoms with Gasteiger partial charge < -0.3 is 4.90 Å². The normalized spacial score (nSPS) is 13.8. The molecule has 0 fully saturated rings. The fourth-order valence-corrected chi connectivity index (χ4v) is 3.62. The molecule has 0 atom stereocenters. The van der Waals surface area contributed by atoms with E-state index in [-0.39, 0.29) is 0 Å². The predicted molar refractivity (Wildman–Crippen MR) is 108 cm³/mol. The first-order chi connectivity index (χ1) is 13.5. The lowest BCUT2D eigenvalue weighted by molar-refractivity contribution is 0.243. The second kappa shape index (κ2) is 7.41. The van der Waals surface area contributed by atoms with Crippen molar-refractivity contribution in [3.8, 4) is 17.5 Å². The number of hydrogen-bond donors (Lipinski definition) is 0. The summed E-state index contributed by atoms with van der Waals surface area (Å²) in [6, 6.07) is 10.0. The molecule has 0 saturated heterocycles. The zero-order valence-corrected chi connectivity index (χ0v) is 16.4. The highest BCUT2D eigenvalue weighted by Crippen LogP contribution is 2.29. The topological polar surface area (TPSA) is 73.9 Å². The van der Waals surface area contributed by atoms with Crippen LogP contribution >= 0.6 is 0 Å². The van der Waals surface area contributed by atoms with Crippen molar-refractivity contribution in [2.24, 2.45) is 7.05 Å². The van der Waals surface area contributed by atoms with Gasteiger partial charge in [0.2, 0.25) is 0 Å². The van der Waals surface area contributed by atoms with Gasteiger partial charge in [0, 0.05) is 59.0 Å². The van der Waals surface area contributed by atoms with Gasteiger partial charge in [-0.2, -0.15) is 10.4 Å². The number of nitriles is 1. The van der Waals surface area contributed by atoms with Crippen LogP contribution in [0.4, 0.5) is 5.82 Å². The molecule has 0 N–H and O–H groups in total. The summed E-state index contributed by atoms with van der Waals surface area (Å²) in [5.74, 6) is 1.69. The van der Waals surface area contributed by atoms with Crippen LogP contribution in [0.5, 0.6) is 0 Å². The molecule has 0 radical (unpaired) electrons. The molecule has 1 aromatic carbocycles. The first-order valence-electron chi connectivity index (χ1n) is 9.31. The monoisotopic (exact) mass is 373 g/mol. The van der Waals surface area contributed by atoms with Gasteiger partial charge in [-0.15, -0.1) is 0 Å². The van der Waals surface area contributed by atoms with E-state index in [0.717, 1.165) is 54.5 Å². The lowest BCUT2D eigenvalue weighted by Crippen LogP contribution is -2.32. The summed E-state index contributed by atoms with van der Waals surface area (Å²) in [6.07, 6.45) is 4.63. The molecule has 7 nitrogen and oxygen atoms in total. The van der Waals surface area contributed by atoms with Gasteiger partial charge in [-0.25, -0.2) is 9.97 Å². The van der Waals surface area contributed by atoms with E-state index < -0.39 is 0 Å². The quantitative estimate of drug-likeness (QED) is 0.699. The Hall–Kier alpha value is -3.24. The molecule has 28 heavy (non-hydrogen) atoms. The van der Waals surface area contributed by atoms with Crippen molar-refractivity contribution in [2.75, 3.05) is 25.5 Å². The minimum absolute atomic E-state index is 0.702. The maximum absolute atomic E-state index is 9.13. The zero-order valence-electron chi connectivity index (χ0n) is 16.4. The van der Waals surface area contributed by atoms with Crippen molar-refractivity contribution in [3.63, 3.8) is 0 Å². The van der Waals surface area contributed by atoms with Crippen molar-refractivity contribution in [1.82, 2.24) is 24.6 Å². The fourth-order valence-electron chi connectivity index (χ4n) is 3.62. The third-order valence-electron chi connectivity index (χ3n) is 4.97. The first-order valence-corrected chi connectivity index (χ1v) is 9.31. The van der Waals surface area contributed by atoms with E-state index in [1.54, 1.807) is 10.9 Å². The molecule has 7 heteroatoms. The summed E-state index contributed by atoms with van der Waals surface area (Å²) in [6.45, 7) is 2.54. The van der Waals surface area contributed by atoms with Gasteiger partial charge in [0.25, 0.3) is 0 Å². The third-order valence-corrected chi connectivity index (χ3v) is 4.97. The first kappa shape index (κ1) is 18.1. The summed E-state index contributed by atoms with van der Waals surface area (Å²) >= 11 is 0. The SMILES string of the molecule is CN(C)c1nc(-c2cnn(C)c2)nc2c1CN(Cc1cccc(C#N)c1)CC2. The van der Waals surface area contributed by atoms with Gasteiger partial charge in [-0.05, 0) is 17.7 Å². The second-order valence-electron chi connectivity index (χ2n) is 7.37. The number of aromatic nitrogens is 4. The van der Waals surface area contributed by atoms with Crippen LogP contribution < -0.4 is 4.90 Å². The van der Waals surface area contributed by atoms with Crippen LogP contribution in [-0.4, -0.2) is 45.3 Å². The van der Waals surface area contributed by atoms with Crippen molar-refractivity contribution >= 4 is 5.82 Å². The van der Waals surface area contributed by atoms with E-state index in [1.165, 1.54) is 5.56 Å². The van der Waals surface area contributed by atoms with Crippen LogP contribution in [0.2, 0.25) is 0 Å². The average Bonchev–Trinajstić information content (AvgIpc) is 3.13. The van der Waals surface area contributed by atoms with Crippen LogP contribution in [0.15, 0.2) is 36.7 Å². The van der Waals surface area contributed by atoms with E-state index in [0.29, 0.717) is 5.56 Å². The molecule has 0 saturated carbocycles. The van der Waals surface area contributed by atoms with E-state index in [2.05, 4.69) is 27.0 Å². The standard InChI is InChI=1S/C21H23N7/c1-26(2)21-18-14-28(12-16-6-4-5-15(9-16)10-22)8-7-19(18)24-20(25-21)17-11-23-27(3)13-17/h4-6,9,11,13H,7-8,12,14H2,1-3H3. The Balaban J connectivity index is 1.63. The molecule has 2 aromatic heterocycles. The molecule has 0 unspecified atom stereocenters. The highest BCUT2D eigenvalue weighted by molar-refractivity contribution is 5.59. The molecule has 1 aliphatic heterocycles. The number of benzene rings is 1. The van der Waals surface area contributed by atoms with Crippen molar-refractivity contribution in [3.05, 3.63) is 59.0 Å². The number of nitrogens with zero attached hydrogens (tertiary/aromatic N) is 7. The average molecular weight is 373 g/mol. The Morgan fingerprint density at radius 3 is 2.82 bits per heavy atom. The van der Waals surface area contributed by atoms with Crippen molar-refractivity contribution in [1.29, 1.82) is 5.26 Å². The fraction of sp³-hybridized carbons (Fsp3) is 0.333. The molecular formula is C21H23N7. The Kier molecular flexibility index (Phi) is 4.80. The number of fused-ring (bicyclic) bond motifs is 1. The second-order valence-corrected chi connectivity index (χ2v) is 7.37. The number of hydrogen-bond acceptors (Lipinski definition) is 6. The molecule has 4 rings (SSSR count). The number of rotatable bonds is 4. The molecule has 0 bridgehead atoms. The molecule has 3 heterocycles. The Labute approximate surface area is 164 Å². The van der Waals surface area contributed by atoms with Gasteiger partial charge in [0.1, 0.15) is 5.82 Å². The Bertz CT molecular complexity index is 1050. The molecule has 0 spiro atoms. The highest BCUT2D eigenvalue weighted by Gasteiger charge is 2.24. The summed E-state index contributed by atoms with van der Waals surface area (Å²) < 4.78 is 1.77. The van der Waals surface area contributed by atoms with Crippen LogP contribution in [0.3, 0.4) is 0 Å². The summed E-state index contributed by atoms with van der Waals surface area (Å²) in [5.41, 5.74) is 5.08. The van der Waals surface area contributed by atoms with Crippen molar-refractivity contribution in [2.45, 2.75) is 19.5 Å². The van der Waals surface area contributed by atoms with Crippen LogP contribution in [-0.2, 0) is 26.6 Å². The van der Waals surface area contributed by atoms with Gasteiger partial charge in [-0.1, -0.05) is 12.1 Å².